The third-order valence-electron chi connectivity index (χ3n) is 4.34. The van der Waals surface area contributed by atoms with Crippen LogP contribution in [0.3, 0.4) is 0 Å². The van der Waals surface area contributed by atoms with Crippen molar-refractivity contribution in [3.63, 3.8) is 0 Å². The van der Waals surface area contributed by atoms with E-state index in [1.165, 1.54) is 0 Å². The number of pyridine rings is 1. The van der Waals surface area contributed by atoms with Gasteiger partial charge in [0.15, 0.2) is 0 Å². The van der Waals surface area contributed by atoms with Crippen LogP contribution in [-0.4, -0.2) is 20.5 Å². The molecule has 26 heavy (non-hydrogen) atoms. The molecule has 0 bridgehead atoms. The van der Waals surface area contributed by atoms with Crippen molar-refractivity contribution in [3.05, 3.63) is 76.4 Å². The van der Waals surface area contributed by atoms with Crippen LogP contribution < -0.4 is 0 Å². The highest BCUT2D eigenvalue weighted by molar-refractivity contribution is 9.10. The quantitative estimate of drug-likeness (QED) is 0.583. The fourth-order valence-corrected chi connectivity index (χ4v) is 2.78. The molecule has 134 valence electrons. The summed E-state index contributed by atoms with van der Waals surface area (Å²) in [4.78, 5) is 21.0. The summed E-state index contributed by atoms with van der Waals surface area (Å²) in [6.07, 6.45) is 6.91. The maximum atomic E-state index is 12.6. The number of imidazole rings is 1. The monoisotopic (exact) mass is 413 g/mol. The van der Waals surface area contributed by atoms with E-state index < -0.39 is 5.41 Å². The Kier molecular flexibility index (Phi) is 5.23. The lowest BCUT2D eigenvalue weighted by Gasteiger charge is -2.24. The van der Waals surface area contributed by atoms with Crippen molar-refractivity contribution in [1.82, 2.24) is 14.5 Å². The first-order chi connectivity index (χ1) is 12.4. The van der Waals surface area contributed by atoms with Crippen LogP contribution in [0.2, 0.25) is 0 Å². The lowest BCUT2D eigenvalue weighted by atomic mass is 9.84. The van der Waals surface area contributed by atoms with E-state index in [0.29, 0.717) is 0 Å². The number of carbonyl (C=O) groups excluding carboxylic acids is 1. The Balaban J connectivity index is 1.66. The molecule has 0 unspecified atom stereocenters. The van der Waals surface area contributed by atoms with E-state index in [9.17, 15) is 4.79 Å². The van der Waals surface area contributed by atoms with Gasteiger partial charge in [-0.1, -0.05) is 34.1 Å². The van der Waals surface area contributed by atoms with Crippen LogP contribution in [0.5, 0.6) is 0 Å². The van der Waals surface area contributed by atoms with Gasteiger partial charge in [-0.2, -0.15) is 0 Å². The van der Waals surface area contributed by atoms with Crippen LogP contribution in [0, 0.1) is 6.92 Å². The van der Waals surface area contributed by atoms with Crippen molar-refractivity contribution in [1.29, 1.82) is 0 Å². The molecule has 3 rings (SSSR count). The zero-order valence-corrected chi connectivity index (χ0v) is 16.5. The normalized spacial score (nSPS) is 11.4. The number of aromatic nitrogens is 3. The molecule has 6 heteroatoms. The van der Waals surface area contributed by atoms with Gasteiger partial charge in [0.25, 0.3) is 0 Å². The van der Waals surface area contributed by atoms with E-state index >= 15 is 0 Å². The van der Waals surface area contributed by atoms with Crippen molar-refractivity contribution in [2.75, 3.05) is 0 Å². The molecule has 2 heterocycles. The topological polar surface area (TPSA) is 57.0 Å². The van der Waals surface area contributed by atoms with Crippen LogP contribution in [0.25, 0.3) is 5.82 Å². The molecule has 0 atom stereocenters. The number of hydrogen-bond acceptors (Lipinski definition) is 4. The van der Waals surface area contributed by atoms with E-state index in [0.717, 1.165) is 27.0 Å². The lowest BCUT2D eigenvalue weighted by molar-refractivity contribution is -0.150. The summed E-state index contributed by atoms with van der Waals surface area (Å²) >= 11 is 3.49. The lowest BCUT2D eigenvalue weighted by Crippen LogP contribution is -2.31. The molecule has 0 radical (unpaired) electrons. The van der Waals surface area contributed by atoms with Gasteiger partial charge >= 0.3 is 5.97 Å². The second-order valence-corrected chi connectivity index (χ2v) is 7.51. The first-order valence-corrected chi connectivity index (χ1v) is 9.04. The summed E-state index contributed by atoms with van der Waals surface area (Å²) in [6, 6.07) is 9.67. The zero-order valence-electron chi connectivity index (χ0n) is 14.9. The number of halogens is 1. The van der Waals surface area contributed by atoms with Crippen LogP contribution in [0.15, 0.2) is 59.7 Å². The van der Waals surface area contributed by atoms with Gasteiger partial charge in [-0.25, -0.2) is 9.97 Å². The highest BCUT2D eigenvalue weighted by atomic mass is 79.9. The molecule has 0 fully saturated rings. The Morgan fingerprint density at radius 1 is 1.27 bits per heavy atom. The Morgan fingerprint density at radius 3 is 2.69 bits per heavy atom. The fourth-order valence-electron chi connectivity index (χ4n) is 2.53. The van der Waals surface area contributed by atoms with Crippen molar-refractivity contribution in [2.45, 2.75) is 32.8 Å². The summed E-state index contributed by atoms with van der Waals surface area (Å²) in [7, 11) is 0. The second kappa shape index (κ2) is 7.41. The summed E-state index contributed by atoms with van der Waals surface area (Å²) in [5.74, 6) is 0.501. The molecule has 0 saturated carbocycles. The minimum absolute atomic E-state index is 0.189. The van der Waals surface area contributed by atoms with Gasteiger partial charge in [0.2, 0.25) is 0 Å². The van der Waals surface area contributed by atoms with Crippen molar-refractivity contribution < 1.29 is 9.53 Å². The average Bonchev–Trinajstić information content (AvgIpc) is 3.17. The number of carbonyl (C=O) groups is 1. The van der Waals surface area contributed by atoms with E-state index in [-0.39, 0.29) is 12.6 Å². The molecule has 0 spiro atoms. The molecular formula is C20H20BrN3O2. The summed E-state index contributed by atoms with van der Waals surface area (Å²) < 4.78 is 8.38. The Bertz CT molecular complexity index is 903. The van der Waals surface area contributed by atoms with Gasteiger partial charge in [-0.05, 0) is 44.0 Å². The Labute approximate surface area is 161 Å². The molecule has 0 amide bonds. The van der Waals surface area contributed by atoms with Crippen molar-refractivity contribution >= 4 is 21.9 Å². The van der Waals surface area contributed by atoms with E-state index in [1.54, 1.807) is 18.7 Å². The molecule has 0 aliphatic carbocycles. The molecule has 1 aromatic carbocycles. The van der Waals surface area contributed by atoms with Gasteiger partial charge in [0.05, 0.1) is 5.41 Å². The molecule has 5 nitrogen and oxygen atoms in total. The molecule has 0 saturated heterocycles. The van der Waals surface area contributed by atoms with Crippen molar-refractivity contribution in [2.24, 2.45) is 0 Å². The standard InChI is InChI=1S/C20H20BrN3O2/c1-14-10-16(5-6-17(14)21)20(2,3)19(25)26-12-15-4-7-18(23-11-15)24-9-8-22-13-24/h4-11,13H,12H2,1-3H3. The largest absolute Gasteiger partial charge is 0.460 e. The first-order valence-electron chi connectivity index (χ1n) is 8.25. The predicted octanol–water partition coefficient (Wildman–Crippen LogP) is 4.36. The van der Waals surface area contributed by atoms with Crippen LogP contribution in [0.4, 0.5) is 0 Å². The van der Waals surface area contributed by atoms with Crippen molar-refractivity contribution in [3.8, 4) is 5.82 Å². The maximum absolute atomic E-state index is 12.6. The van der Waals surface area contributed by atoms with E-state index in [2.05, 4.69) is 25.9 Å². The van der Waals surface area contributed by atoms with Gasteiger partial charge < -0.3 is 4.74 Å². The molecule has 0 aliphatic heterocycles. The van der Waals surface area contributed by atoms with E-state index in [1.807, 2.05) is 61.9 Å². The minimum atomic E-state index is -0.727. The average molecular weight is 414 g/mol. The maximum Gasteiger partial charge on any atom is 0.316 e. The zero-order chi connectivity index (χ0) is 18.7. The number of aryl methyl sites for hydroxylation is 1. The van der Waals surface area contributed by atoms with E-state index in [4.69, 9.17) is 4.74 Å². The van der Waals surface area contributed by atoms with Crippen LogP contribution in [0.1, 0.15) is 30.5 Å². The highest BCUT2D eigenvalue weighted by Crippen LogP contribution is 2.28. The molecule has 2 aromatic heterocycles. The number of rotatable bonds is 5. The second-order valence-electron chi connectivity index (χ2n) is 6.66. The summed E-state index contributed by atoms with van der Waals surface area (Å²) in [5, 5.41) is 0. The van der Waals surface area contributed by atoms with Crippen LogP contribution >= 0.6 is 15.9 Å². The number of hydrogen-bond donors (Lipinski definition) is 0. The Hall–Kier alpha value is -2.47. The number of benzene rings is 1. The van der Waals surface area contributed by atoms with Crippen LogP contribution in [-0.2, 0) is 21.6 Å². The highest BCUT2D eigenvalue weighted by Gasteiger charge is 2.31. The third kappa shape index (κ3) is 3.85. The van der Waals surface area contributed by atoms with Gasteiger partial charge in [-0.3, -0.25) is 9.36 Å². The number of nitrogens with zero attached hydrogens (tertiary/aromatic N) is 3. The SMILES string of the molecule is Cc1cc(C(C)(C)C(=O)OCc2ccc(-n3ccnc3)nc2)ccc1Br. The van der Waals surface area contributed by atoms with Gasteiger partial charge in [0, 0.05) is 28.6 Å². The Morgan fingerprint density at radius 2 is 2.08 bits per heavy atom. The summed E-state index contributed by atoms with van der Waals surface area (Å²) in [5.41, 5.74) is 2.12. The molecule has 3 aromatic rings. The number of esters is 1. The minimum Gasteiger partial charge on any atom is -0.460 e. The first kappa shape index (κ1) is 18.3. The molecule has 0 N–H and O–H groups in total. The fraction of sp³-hybridized carbons (Fsp3) is 0.250. The van der Waals surface area contributed by atoms with Gasteiger partial charge in [0.1, 0.15) is 18.8 Å². The molecular weight excluding hydrogens is 394 g/mol. The smallest absolute Gasteiger partial charge is 0.316 e. The number of ether oxygens (including phenoxy) is 1. The third-order valence-corrected chi connectivity index (χ3v) is 5.23. The van der Waals surface area contributed by atoms with Gasteiger partial charge in [-0.15, -0.1) is 0 Å². The summed E-state index contributed by atoms with van der Waals surface area (Å²) in [6.45, 7) is 5.94. The molecule has 0 aliphatic rings. The predicted molar refractivity (Wildman–Crippen MR) is 103 cm³/mol.